The Morgan fingerprint density at radius 2 is 2.29 bits per heavy atom. The van der Waals surface area contributed by atoms with Gasteiger partial charge in [-0.15, -0.1) is 0 Å². The van der Waals surface area contributed by atoms with Crippen molar-refractivity contribution in [1.29, 1.82) is 0 Å². The van der Waals surface area contributed by atoms with Crippen LogP contribution in [0.4, 0.5) is 5.69 Å². The Balaban J connectivity index is 2.78. The molecule has 0 spiro atoms. The molecule has 3 N–H and O–H groups in total. The SMILES string of the molecule is CCC(CSC)NC(=O)c1cc(N)ccc1Br. The van der Waals surface area contributed by atoms with Crippen molar-refractivity contribution in [2.75, 3.05) is 17.7 Å². The van der Waals surface area contributed by atoms with Gasteiger partial charge in [0, 0.05) is 22.0 Å². The van der Waals surface area contributed by atoms with Crippen molar-refractivity contribution in [3.05, 3.63) is 28.2 Å². The van der Waals surface area contributed by atoms with E-state index in [9.17, 15) is 4.79 Å². The molecule has 5 heteroatoms. The maximum atomic E-state index is 12.1. The van der Waals surface area contributed by atoms with Gasteiger partial charge in [-0.1, -0.05) is 6.92 Å². The van der Waals surface area contributed by atoms with Gasteiger partial charge in [0.2, 0.25) is 0 Å². The van der Waals surface area contributed by atoms with Gasteiger partial charge in [-0.05, 0) is 46.8 Å². The summed E-state index contributed by atoms with van der Waals surface area (Å²) in [7, 11) is 0. The highest BCUT2D eigenvalue weighted by Gasteiger charge is 2.14. The molecule has 1 aromatic carbocycles. The first-order valence-corrected chi connectivity index (χ1v) is 7.62. The number of nitrogens with two attached hydrogens (primary N) is 1. The standard InChI is InChI=1S/C12H17BrN2OS/c1-3-9(7-17-2)15-12(16)10-6-8(14)4-5-11(10)13/h4-6,9H,3,7,14H2,1-2H3,(H,15,16). The number of halogens is 1. The number of benzene rings is 1. The number of carbonyl (C=O) groups is 1. The summed E-state index contributed by atoms with van der Waals surface area (Å²) in [6.45, 7) is 2.07. The molecule has 94 valence electrons. The van der Waals surface area contributed by atoms with E-state index in [0.29, 0.717) is 11.3 Å². The van der Waals surface area contributed by atoms with Crippen LogP contribution < -0.4 is 11.1 Å². The first kappa shape index (κ1) is 14.4. The summed E-state index contributed by atoms with van der Waals surface area (Å²) in [5.74, 6) is 0.840. The van der Waals surface area contributed by atoms with E-state index in [1.165, 1.54) is 0 Å². The molecule has 17 heavy (non-hydrogen) atoms. The van der Waals surface area contributed by atoms with Crippen molar-refractivity contribution in [3.63, 3.8) is 0 Å². The molecule has 0 radical (unpaired) electrons. The predicted molar refractivity (Wildman–Crippen MR) is 78.5 cm³/mol. The molecule has 0 saturated carbocycles. The minimum absolute atomic E-state index is 0.0786. The normalized spacial score (nSPS) is 12.2. The average Bonchev–Trinajstić information content (AvgIpc) is 2.31. The largest absolute Gasteiger partial charge is 0.399 e. The zero-order chi connectivity index (χ0) is 12.8. The number of amides is 1. The molecule has 0 aliphatic carbocycles. The maximum absolute atomic E-state index is 12.1. The number of hydrogen-bond donors (Lipinski definition) is 2. The van der Waals surface area contributed by atoms with E-state index < -0.39 is 0 Å². The van der Waals surface area contributed by atoms with E-state index in [0.717, 1.165) is 16.6 Å². The first-order chi connectivity index (χ1) is 8.08. The Labute approximate surface area is 115 Å². The minimum Gasteiger partial charge on any atom is -0.399 e. The molecule has 0 heterocycles. The number of anilines is 1. The Hall–Kier alpha value is -0.680. The van der Waals surface area contributed by atoms with E-state index in [1.54, 1.807) is 30.0 Å². The Morgan fingerprint density at radius 1 is 1.59 bits per heavy atom. The molecule has 0 aliphatic heterocycles. The molecule has 3 nitrogen and oxygen atoms in total. The molecule has 0 fully saturated rings. The van der Waals surface area contributed by atoms with E-state index >= 15 is 0 Å². The molecule has 1 unspecified atom stereocenters. The molecule has 0 aliphatic rings. The van der Waals surface area contributed by atoms with Gasteiger partial charge in [0.05, 0.1) is 5.56 Å². The van der Waals surface area contributed by atoms with Crippen molar-refractivity contribution in [1.82, 2.24) is 5.32 Å². The lowest BCUT2D eigenvalue weighted by molar-refractivity contribution is 0.0939. The van der Waals surface area contributed by atoms with Crippen molar-refractivity contribution in [2.45, 2.75) is 19.4 Å². The molecule has 1 aromatic rings. The smallest absolute Gasteiger partial charge is 0.252 e. The molecule has 0 aromatic heterocycles. The zero-order valence-electron chi connectivity index (χ0n) is 10.00. The third kappa shape index (κ3) is 4.24. The Morgan fingerprint density at radius 3 is 2.88 bits per heavy atom. The van der Waals surface area contributed by atoms with Crippen LogP contribution in [0.2, 0.25) is 0 Å². The van der Waals surface area contributed by atoms with Crippen LogP contribution in [0, 0.1) is 0 Å². The lowest BCUT2D eigenvalue weighted by Crippen LogP contribution is -2.36. The number of hydrogen-bond acceptors (Lipinski definition) is 3. The average molecular weight is 317 g/mol. The highest BCUT2D eigenvalue weighted by Crippen LogP contribution is 2.19. The number of thioether (sulfide) groups is 1. The number of nitrogens with one attached hydrogen (secondary N) is 1. The third-order valence-corrected chi connectivity index (χ3v) is 3.86. The van der Waals surface area contributed by atoms with Gasteiger partial charge in [-0.25, -0.2) is 0 Å². The summed E-state index contributed by atoms with van der Waals surface area (Å²) in [6, 6.07) is 5.44. The van der Waals surface area contributed by atoms with E-state index in [4.69, 9.17) is 5.73 Å². The third-order valence-electron chi connectivity index (χ3n) is 2.43. The van der Waals surface area contributed by atoms with Crippen LogP contribution >= 0.6 is 27.7 Å². The second-order valence-electron chi connectivity index (χ2n) is 3.77. The van der Waals surface area contributed by atoms with Crippen LogP contribution in [0.1, 0.15) is 23.7 Å². The van der Waals surface area contributed by atoms with Gasteiger partial charge in [-0.2, -0.15) is 11.8 Å². The summed E-state index contributed by atoms with van der Waals surface area (Å²) in [5, 5.41) is 3.01. The topological polar surface area (TPSA) is 55.1 Å². The van der Waals surface area contributed by atoms with Gasteiger partial charge in [0.1, 0.15) is 0 Å². The summed E-state index contributed by atoms with van der Waals surface area (Å²) >= 11 is 5.09. The van der Waals surface area contributed by atoms with Crippen LogP contribution in [0.15, 0.2) is 22.7 Å². The van der Waals surface area contributed by atoms with Crippen molar-refractivity contribution in [3.8, 4) is 0 Å². The number of nitrogen functional groups attached to an aromatic ring is 1. The summed E-state index contributed by atoms with van der Waals surface area (Å²) < 4.78 is 0.767. The maximum Gasteiger partial charge on any atom is 0.252 e. The van der Waals surface area contributed by atoms with Gasteiger partial charge in [0.25, 0.3) is 5.91 Å². The zero-order valence-corrected chi connectivity index (χ0v) is 12.4. The van der Waals surface area contributed by atoms with Gasteiger partial charge in [0.15, 0.2) is 0 Å². The minimum atomic E-state index is -0.0786. The molecule has 1 atom stereocenters. The lowest BCUT2D eigenvalue weighted by Gasteiger charge is -2.16. The highest BCUT2D eigenvalue weighted by atomic mass is 79.9. The quantitative estimate of drug-likeness (QED) is 0.821. The monoisotopic (exact) mass is 316 g/mol. The number of rotatable bonds is 5. The Bertz CT molecular complexity index is 398. The highest BCUT2D eigenvalue weighted by molar-refractivity contribution is 9.10. The second kappa shape index (κ2) is 6.91. The molecular weight excluding hydrogens is 300 g/mol. The van der Waals surface area contributed by atoms with E-state index in [-0.39, 0.29) is 11.9 Å². The summed E-state index contributed by atoms with van der Waals surface area (Å²) in [6.07, 6.45) is 2.96. The van der Waals surface area contributed by atoms with Crippen LogP contribution in [0.3, 0.4) is 0 Å². The van der Waals surface area contributed by atoms with Crippen LogP contribution in [-0.2, 0) is 0 Å². The van der Waals surface area contributed by atoms with Gasteiger partial charge >= 0.3 is 0 Å². The lowest BCUT2D eigenvalue weighted by atomic mass is 10.1. The van der Waals surface area contributed by atoms with E-state index in [2.05, 4.69) is 28.2 Å². The molecule has 1 amide bonds. The van der Waals surface area contributed by atoms with Gasteiger partial charge in [-0.3, -0.25) is 4.79 Å². The summed E-state index contributed by atoms with van der Waals surface area (Å²) in [4.78, 5) is 12.1. The Kier molecular flexibility index (Phi) is 5.85. The van der Waals surface area contributed by atoms with Crippen molar-refractivity contribution in [2.24, 2.45) is 0 Å². The van der Waals surface area contributed by atoms with Crippen LogP contribution in [0.25, 0.3) is 0 Å². The fourth-order valence-electron chi connectivity index (χ4n) is 1.44. The summed E-state index contributed by atoms with van der Waals surface area (Å²) in [5.41, 5.74) is 6.86. The van der Waals surface area contributed by atoms with Crippen molar-refractivity contribution < 1.29 is 4.79 Å². The fourth-order valence-corrected chi connectivity index (χ4v) is 2.59. The molecular formula is C12H17BrN2OS. The number of carbonyl (C=O) groups excluding carboxylic acids is 1. The van der Waals surface area contributed by atoms with Crippen LogP contribution in [0.5, 0.6) is 0 Å². The van der Waals surface area contributed by atoms with Gasteiger partial charge < -0.3 is 11.1 Å². The molecule has 0 bridgehead atoms. The second-order valence-corrected chi connectivity index (χ2v) is 5.54. The first-order valence-electron chi connectivity index (χ1n) is 5.43. The van der Waals surface area contributed by atoms with Crippen LogP contribution in [-0.4, -0.2) is 24.0 Å². The van der Waals surface area contributed by atoms with E-state index in [1.807, 2.05) is 6.26 Å². The molecule has 1 rings (SSSR count). The predicted octanol–water partition coefficient (Wildman–Crippen LogP) is 2.90. The molecule has 0 saturated heterocycles. The fraction of sp³-hybridized carbons (Fsp3) is 0.417. The van der Waals surface area contributed by atoms with Crippen molar-refractivity contribution >= 4 is 39.3 Å².